The summed E-state index contributed by atoms with van der Waals surface area (Å²) in [6.07, 6.45) is 7.02. The van der Waals surface area contributed by atoms with E-state index in [2.05, 4.69) is 9.97 Å². The summed E-state index contributed by atoms with van der Waals surface area (Å²) in [7, 11) is 3.91. The Kier molecular flexibility index (Phi) is 5.61. The summed E-state index contributed by atoms with van der Waals surface area (Å²) in [5.41, 5.74) is 1.23. The number of aliphatic hydroxyl groups excluding tert-OH is 1. The van der Waals surface area contributed by atoms with Crippen molar-refractivity contribution in [3.05, 3.63) is 65.8 Å². The van der Waals surface area contributed by atoms with Crippen molar-refractivity contribution in [1.29, 1.82) is 0 Å². The molecule has 0 radical (unpaired) electrons. The molecule has 3 rings (SSSR count). The number of ketones is 1. The molecular weight excluding hydrogens is 344 g/mol. The lowest BCUT2D eigenvalue weighted by Crippen LogP contribution is -2.32. The second kappa shape index (κ2) is 8.09. The average Bonchev–Trinajstić information content (AvgIpc) is 2.93. The van der Waals surface area contributed by atoms with Crippen molar-refractivity contribution < 1.29 is 14.7 Å². The van der Waals surface area contributed by atoms with Gasteiger partial charge in [0, 0.05) is 36.9 Å². The third-order valence-corrected chi connectivity index (χ3v) is 4.50. The highest BCUT2D eigenvalue weighted by molar-refractivity contribution is 6.46. The molecule has 3 heterocycles. The first-order valence-corrected chi connectivity index (χ1v) is 8.74. The van der Waals surface area contributed by atoms with Gasteiger partial charge in [0.05, 0.1) is 11.6 Å². The molecule has 1 fully saturated rings. The second-order valence-electron chi connectivity index (χ2n) is 6.67. The van der Waals surface area contributed by atoms with E-state index in [9.17, 15) is 14.7 Å². The minimum Gasteiger partial charge on any atom is -0.507 e. The maximum Gasteiger partial charge on any atom is 0.295 e. The van der Waals surface area contributed by atoms with Crippen LogP contribution in [0.5, 0.6) is 0 Å². The quantitative estimate of drug-likeness (QED) is 0.477. The number of nitrogens with zero attached hydrogens (tertiary/aromatic N) is 4. The van der Waals surface area contributed by atoms with Crippen LogP contribution in [-0.2, 0) is 9.59 Å². The van der Waals surface area contributed by atoms with Crippen LogP contribution in [0.4, 0.5) is 0 Å². The molecule has 0 aliphatic carbocycles. The van der Waals surface area contributed by atoms with Crippen molar-refractivity contribution in [2.75, 3.05) is 27.2 Å². The van der Waals surface area contributed by atoms with Gasteiger partial charge in [-0.1, -0.05) is 6.07 Å². The molecule has 140 valence electrons. The van der Waals surface area contributed by atoms with Crippen molar-refractivity contribution in [1.82, 2.24) is 19.8 Å². The van der Waals surface area contributed by atoms with E-state index in [-0.39, 0.29) is 11.3 Å². The fraction of sp³-hybridized carbons (Fsp3) is 0.300. The fourth-order valence-electron chi connectivity index (χ4n) is 3.22. The van der Waals surface area contributed by atoms with Gasteiger partial charge in [-0.25, -0.2) is 0 Å². The van der Waals surface area contributed by atoms with Crippen LogP contribution >= 0.6 is 0 Å². The Balaban J connectivity index is 2.05. The number of rotatable bonds is 6. The summed E-state index contributed by atoms with van der Waals surface area (Å²) >= 11 is 0. The number of hydrogen-bond donors (Lipinski definition) is 1. The number of likely N-dealkylation sites (tertiary alicyclic amines) is 1. The van der Waals surface area contributed by atoms with E-state index in [0.29, 0.717) is 24.1 Å². The average molecular weight is 366 g/mol. The number of carbonyl (C=O) groups is 2. The van der Waals surface area contributed by atoms with E-state index >= 15 is 0 Å². The zero-order chi connectivity index (χ0) is 19.4. The van der Waals surface area contributed by atoms with Gasteiger partial charge in [-0.15, -0.1) is 0 Å². The minimum absolute atomic E-state index is 0.0871. The smallest absolute Gasteiger partial charge is 0.295 e. The Morgan fingerprint density at radius 2 is 1.89 bits per heavy atom. The summed E-state index contributed by atoms with van der Waals surface area (Å²) in [6, 6.07) is 6.11. The molecule has 0 unspecified atom stereocenters. The maximum absolute atomic E-state index is 12.8. The first-order valence-electron chi connectivity index (χ1n) is 8.74. The number of aliphatic hydroxyl groups is 1. The molecule has 1 saturated heterocycles. The van der Waals surface area contributed by atoms with Crippen LogP contribution in [0.3, 0.4) is 0 Å². The van der Waals surface area contributed by atoms with Gasteiger partial charge in [0.25, 0.3) is 11.7 Å². The van der Waals surface area contributed by atoms with Gasteiger partial charge >= 0.3 is 0 Å². The van der Waals surface area contributed by atoms with Crippen molar-refractivity contribution in [2.45, 2.75) is 12.5 Å². The Bertz CT molecular complexity index is 850. The molecule has 2 aromatic heterocycles. The summed E-state index contributed by atoms with van der Waals surface area (Å²) in [6.45, 7) is 1.20. The van der Waals surface area contributed by atoms with Crippen LogP contribution in [0, 0.1) is 0 Å². The molecule has 1 atom stereocenters. The van der Waals surface area contributed by atoms with Gasteiger partial charge in [-0.3, -0.25) is 19.6 Å². The third kappa shape index (κ3) is 3.88. The molecule has 7 heteroatoms. The third-order valence-electron chi connectivity index (χ3n) is 4.50. The number of amides is 1. The lowest BCUT2D eigenvalue weighted by atomic mass is 9.96. The van der Waals surface area contributed by atoms with E-state index in [1.807, 2.05) is 25.1 Å². The molecule has 1 aliphatic heterocycles. The molecule has 1 amide bonds. The minimum atomic E-state index is -0.678. The van der Waals surface area contributed by atoms with Crippen LogP contribution in [0.15, 0.2) is 54.6 Å². The highest BCUT2D eigenvalue weighted by atomic mass is 16.3. The van der Waals surface area contributed by atoms with Gasteiger partial charge in [0.2, 0.25) is 0 Å². The van der Waals surface area contributed by atoms with Crippen LogP contribution in [0.2, 0.25) is 0 Å². The number of Topliss-reactive ketones (excluding diaryl/α,β-unsaturated/α-hetero) is 1. The van der Waals surface area contributed by atoms with Gasteiger partial charge in [0.15, 0.2) is 0 Å². The van der Waals surface area contributed by atoms with E-state index in [4.69, 9.17) is 0 Å². The van der Waals surface area contributed by atoms with Gasteiger partial charge < -0.3 is 14.9 Å². The van der Waals surface area contributed by atoms with Crippen molar-refractivity contribution >= 4 is 17.4 Å². The van der Waals surface area contributed by atoms with Crippen molar-refractivity contribution in [2.24, 2.45) is 0 Å². The summed E-state index contributed by atoms with van der Waals surface area (Å²) in [4.78, 5) is 37.0. The zero-order valence-electron chi connectivity index (χ0n) is 15.4. The van der Waals surface area contributed by atoms with E-state index in [1.165, 1.54) is 17.3 Å². The molecule has 0 saturated carbocycles. The standard InChI is InChI=1S/C20H22N4O3/c1-23(2)11-4-12-24-17(15-5-3-8-22-13-15)16(19(26)20(24)27)18(25)14-6-9-21-10-7-14/h3,5-10,13,17,25H,4,11-12H2,1-2H3/t17-/m1/s1. The van der Waals surface area contributed by atoms with Crippen LogP contribution in [-0.4, -0.2) is 63.7 Å². The number of hydrogen-bond acceptors (Lipinski definition) is 6. The van der Waals surface area contributed by atoms with E-state index in [1.54, 1.807) is 30.6 Å². The first-order chi connectivity index (χ1) is 13.0. The summed E-state index contributed by atoms with van der Waals surface area (Å²) in [5.74, 6) is -1.47. The molecule has 1 aliphatic rings. The van der Waals surface area contributed by atoms with E-state index in [0.717, 1.165) is 6.54 Å². The number of aromatic nitrogens is 2. The molecule has 7 nitrogen and oxygen atoms in total. The monoisotopic (exact) mass is 366 g/mol. The van der Waals surface area contributed by atoms with Gasteiger partial charge in [-0.05, 0) is 50.8 Å². The second-order valence-corrected chi connectivity index (χ2v) is 6.67. The molecular formula is C20H22N4O3. The summed E-state index contributed by atoms with van der Waals surface area (Å²) in [5, 5.41) is 10.8. The highest BCUT2D eigenvalue weighted by Gasteiger charge is 2.45. The van der Waals surface area contributed by atoms with Crippen LogP contribution in [0.25, 0.3) is 5.76 Å². The maximum atomic E-state index is 12.8. The van der Waals surface area contributed by atoms with E-state index < -0.39 is 17.7 Å². The van der Waals surface area contributed by atoms with Crippen molar-refractivity contribution in [3.8, 4) is 0 Å². The predicted octanol–water partition coefficient (Wildman–Crippen LogP) is 1.85. The van der Waals surface area contributed by atoms with Crippen molar-refractivity contribution in [3.63, 3.8) is 0 Å². The lowest BCUT2D eigenvalue weighted by Gasteiger charge is -2.25. The molecule has 1 N–H and O–H groups in total. The zero-order valence-corrected chi connectivity index (χ0v) is 15.4. The summed E-state index contributed by atoms with van der Waals surface area (Å²) < 4.78 is 0. The fourth-order valence-corrected chi connectivity index (χ4v) is 3.22. The predicted molar refractivity (Wildman–Crippen MR) is 101 cm³/mol. The van der Waals surface area contributed by atoms with Gasteiger partial charge in [-0.2, -0.15) is 0 Å². The molecule has 2 aromatic rings. The number of pyridine rings is 2. The molecule has 0 bridgehead atoms. The Morgan fingerprint density at radius 3 is 2.52 bits per heavy atom. The topological polar surface area (TPSA) is 86.6 Å². The van der Waals surface area contributed by atoms with Crippen LogP contribution in [0.1, 0.15) is 23.6 Å². The Morgan fingerprint density at radius 1 is 1.15 bits per heavy atom. The van der Waals surface area contributed by atoms with Gasteiger partial charge in [0.1, 0.15) is 5.76 Å². The molecule has 0 aromatic carbocycles. The Hall–Kier alpha value is -3.06. The first kappa shape index (κ1) is 18.7. The molecule has 0 spiro atoms. The van der Waals surface area contributed by atoms with Crippen LogP contribution < -0.4 is 0 Å². The molecule has 27 heavy (non-hydrogen) atoms. The normalized spacial score (nSPS) is 19.1. The SMILES string of the molecule is CN(C)CCCN1C(=O)C(=O)C(=C(O)c2ccncc2)[C@H]1c1cccnc1. The Labute approximate surface area is 158 Å². The largest absolute Gasteiger partial charge is 0.507 e. The lowest BCUT2D eigenvalue weighted by molar-refractivity contribution is -0.139. The highest BCUT2D eigenvalue weighted by Crippen LogP contribution is 2.38. The number of carbonyl (C=O) groups excluding carboxylic acids is 2.